The van der Waals surface area contributed by atoms with Gasteiger partial charge in [-0.05, 0) is 67.9 Å². The number of aromatic nitrogens is 3. The van der Waals surface area contributed by atoms with Crippen molar-refractivity contribution in [2.75, 3.05) is 16.0 Å². The lowest BCUT2D eigenvalue weighted by atomic mass is 10.2. The highest BCUT2D eigenvalue weighted by molar-refractivity contribution is 6.04. The zero-order chi connectivity index (χ0) is 22.5. The van der Waals surface area contributed by atoms with Crippen LogP contribution in [0.15, 0.2) is 78.9 Å². The van der Waals surface area contributed by atoms with E-state index in [2.05, 4.69) is 26.3 Å². The number of anilines is 3. The molecular weight excluding hydrogens is 404 g/mol. The van der Waals surface area contributed by atoms with Crippen LogP contribution >= 0.6 is 0 Å². The van der Waals surface area contributed by atoms with Crippen LogP contribution in [0.3, 0.4) is 0 Å². The quantitative estimate of drug-likeness (QED) is 0.427. The summed E-state index contributed by atoms with van der Waals surface area (Å²) < 4.78 is 1.64. The van der Waals surface area contributed by atoms with Crippen LogP contribution in [0.1, 0.15) is 21.7 Å². The molecule has 8 nitrogen and oxygen atoms in total. The van der Waals surface area contributed by atoms with E-state index in [9.17, 15) is 9.59 Å². The average Bonchev–Trinajstić information content (AvgIpc) is 3.17. The molecule has 1 heterocycles. The van der Waals surface area contributed by atoms with Crippen molar-refractivity contribution in [1.29, 1.82) is 0 Å². The van der Waals surface area contributed by atoms with Crippen molar-refractivity contribution in [3.63, 3.8) is 0 Å². The first-order chi connectivity index (χ1) is 15.5. The van der Waals surface area contributed by atoms with Crippen molar-refractivity contribution in [3.05, 3.63) is 95.8 Å². The van der Waals surface area contributed by atoms with Crippen molar-refractivity contribution >= 4 is 29.0 Å². The van der Waals surface area contributed by atoms with Gasteiger partial charge in [-0.15, -0.1) is 5.10 Å². The van der Waals surface area contributed by atoms with Crippen LogP contribution in [-0.2, 0) is 0 Å². The molecule has 0 fully saturated rings. The third-order valence-corrected chi connectivity index (χ3v) is 4.79. The predicted octanol–water partition coefficient (Wildman–Crippen LogP) is 4.78. The predicted molar refractivity (Wildman–Crippen MR) is 124 cm³/mol. The normalized spacial score (nSPS) is 10.4. The number of hydrogen-bond acceptors (Lipinski definition) is 4. The summed E-state index contributed by atoms with van der Waals surface area (Å²) in [5.41, 5.74) is 4.70. The molecule has 0 radical (unpaired) electrons. The molecule has 0 aliphatic rings. The maximum atomic E-state index is 12.7. The van der Waals surface area contributed by atoms with Crippen molar-refractivity contribution in [2.24, 2.45) is 0 Å². The van der Waals surface area contributed by atoms with Gasteiger partial charge in [0.15, 0.2) is 5.69 Å². The summed E-state index contributed by atoms with van der Waals surface area (Å²) in [5.74, 6) is -0.357. The number of aryl methyl sites for hydroxylation is 1. The third-order valence-electron chi connectivity index (χ3n) is 4.79. The van der Waals surface area contributed by atoms with Crippen molar-refractivity contribution < 1.29 is 9.59 Å². The monoisotopic (exact) mass is 426 g/mol. The Labute approximate surface area is 185 Å². The molecule has 4 aromatic rings. The Morgan fingerprint density at radius 1 is 0.750 bits per heavy atom. The number of para-hydroxylation sites is 1. The highest BCUT2D eigenvalue weighted by Crippen LogP contribution is 2.17. The van der Waals surface area contributed by atoms with Gasteiger partial charge in [0.1, 0.15) is 0 Å². The molecule has 3 N–H and O–H groups in total. The Morgan fingerprint density at radius 3 is 2.03 bits per heavy atom. The molecule has 0 saturated carbocycles. The van der Waals surface area contributed by atoms with Gasteiger partial charge in [0.25, 0.3) is 5.91 Å². The number of carbonyl (C=O) groups excluding carboxylic acids is 2. The average molecular weight is 426 g/mol. The number of carbonyl (C=O) groups is 2. The molecule has 0 unspecified atom stereocenters. The van der Waals surface area contributed by atoms with Gasteiger partial charge < -0.3 is 16.0 Å². The van der Waals surface area contributed by atoms with Gasteiger partial charge in [-0.2, -0.15) is 0 Å². The second-order valence-corrected chi connectivity index (χ2v) is 7.25. The van der Waals surface area contributed by atoms with Gasteiger partial charge in [0.05, 0.1) is 11.4 Å². The molecule has 0 aliphatic heterocycles. The molecule has 0 aliphatic carbocycles. The van der Waals surface area contributed by atoms with E-state index in [1.165, 1.54) is 0 Å². The fraction of sp³-hybridized carbons (Fsp3) is 0.0833. The van der Waals surface area contributed by atoms with Crippen molar-refractivity contribution in [1.82, 2.24) is 15.0 Å². The topological polar surface area (TPSA) is 101 Å². The second kappa shape index (κ2) is 9.13. The van der Waals surface area contributed by atoms with Crippen LogP contribution in [0.4, 0.5) is 21.9 Å². The molecule has 0 spiro atoms. The molecule has 1 aromatic heterocycles. The summed E-state index contributed by atoms with van der Waals surface area (Å²) in [5, 5.41) is 16.5. The fourth-order valence-corrected chi connectivity index (χ4v) is 3.19. The zero-order valence-electron chi connectivity index (χ0n) is 17.7. The summed E-state index contributed by atoms with van der Waals surface area (Å²) in [6, 6.07) is 23.4. The maximum absolute atomic E-state index is 12.7. The zero-order valence-corrected chi connectivity index (χ0v) is 17.7. The Bertz CT molecular complexity index is 1250. The summed E-state index contributed by atoms with van der Waals surface area (Å²) in [7, 11) is 0. The summed E-state index contributed by atoms with van der Waals surface area (Å²) in [4.78, 5) is 24.8. The molecule has 160 valence electrons. The minimum atomic E-state index is -0.357. The lowest BCUT2D eigenvalue weighted by Gasteiger charge is -2.09. The largest absolute Gasteiger partial charge is 0.323 e. The van der Waals surface area contributed by atoms with E-state index < -0.39 is 0 Å². The van der Waals surface area contributed by atoms with Crippen LogP contribution in [0, 0.1) is 13.8 Å². The molecule has 4 rings (SSSR count). The van der Waals surface area contributed by atoms with Crippen molar-refractivity contribution in [3.8, 4) is 5.69 Å². The Kier molecular flexibility index (Phi) is 5.94. The molecular formula is C24H22N6O2. The maximum Gasteiger partial charge on any atom is 0.323 e. The molecule has 0 bridgehead atoms. The summed E-state index contributed by atoms with van der Waals surface area (Å²) >= 11 is 0. The molecule has 3 amide bonds. The smallest absolute Gasteiger partial charge is 0.321 e. The third kappa shape index (κ3) is 4.81. The highest BCUT2D eigenvalue weighted by atomic mass is 16.2. The Morgan fingerprint density at radius 2 is 1.38 bits per heavy atom. The van der Waals surface area contributed by atoms with Gasteiger partial charge in [-0.1, -0.05) is 35.5 Å². The number of rotatable bonds is 5. The Hall–Kier alpha value is -4.46. The van der Waals surface area contributed by atoms with Gasteiger partial charge in [0, 0.05) is 17.1 Å². The van der Waals surface area contributed by atoms with Crippen LogP contribution < -0.4 is 16.0 Å². The molecule has 0 atom stereocenters. The number of hydrogen-bond donors (Lipinski definition) is 3. The van der Waals surface area contributed by atoms with Crippen LogP contribution in [0.5, 0.6) is 0 Å². The fourth-order valence-electron chi connectivity index (χ4n) is 3.19. The lowest BCUT2D eigenvalue weighted by molar-refractivity contribution is 0.102. The van der Waals surface area contributed by atoms with Gasteiger partial charge >= 0.3 is 6.03 Å². The first-order valence-electron chi connectivity index (χ1n) is 10.0. The number of urea groups is 1. The molecule has 3 aromatic carbocycles. The van der Waals surface area contributed by atoms with E-state index in [1.54, 1.807) is 48.0 Å². The number of nitrogens with one attached hydrogen (secondary N) is 3. The van der Waals surface area contributed by atoms with Crippen molar-refractivity contribution in [2.45, 2.75) is 13.8 Å². The Balaban J connectivity index is 1.39. The van der Waals surface area contributed by atoms with Gasteiger partial charge in [-0.25, -0.2) is 9.48 Å². The van der Waals surface area contributed by atoms with Crippen LogP contribution in [0.25, 0.3) is 5.69 Å². The van der Waals surface area contributed by atoms with E-state index in [4.69, 9.17) is 0 Å². The standard InChI is InChI=1S/C24H22N6O2/c1-16-7-6-10-21(15-16)30-17(2)22(28-29-30)23(31)25-19-11-13-20(14-12-19)27-24(32)26-18-8-4-3-5-9-18/h3-15H,1-2H3,(H,25,31)(H2,26,27,32). The van der Waals surface area contributed by atoms with Gasteiger partial charge in [-0.3, -0.25) is 4.79 Å². The first-order valence-corrected chi connectivity index (χ1v) is 10.0. The van der Waals surface area contributed by atoms with E-state index in [0.29, 0.717) is 22.8 Å². The molecule has 8 heteroatoms. The SMILES string of the molecule is Cc1cccc(-n2nnc(C(=O)Nc3ccc(NC(=O)Nc4ccccc4)cc3)c2C)c1. The summed E-state index contributed by atoms with van der Waals surface area (Å²) in [6.45, 7) is 3.79. The van der Waals surface area contributed by atoms with Gasteiger partial charge in [0.2, 0.25) is 0 Å². The number of nitrogens with zero attached hydrogens (tertiary/aromatic N) is 3. The number of benzene rings is 3. The minimum absolute atomic E-state index is 0.246. The lowest BCUT2D eigenvalue weighted by Crippen LogP contribution is -2.19. The molecule has 0 saturated heterocycles. The van der Waals surface area contributed by atoms with E-state index in [-0.39, 0.29) is 17.6 Å². The van der Waals surface area contributed by atoms with Crippen LogP contribution in [-0.4, -0.2) is 26.9 Å². The van der Waals surface area contributed by atoms with E-state index >= 15 is 0 Å². The van der Waals surface area contributed by atoms with Crippen LogP contribution in [0.2, 0.25) is 0 Å². The van der Waals surface area contributed by atoms with E-state index in [1.807, 2.05) is 49.4 Å². The minimum Gasteiger partial charge on any atom is -0.321 e. The highest BCUT2D eigenvalue weighted by Gasteiger charge is 2.17. The van der Waals surface area contributed by atoms with E-state index in [0.717, 1.165) is 11.3 Å². The number of amides is 3. The summed E-state index contributed by atoms with van der Waals surface area (Å²) in [6.07, 6.45) is 0. The first kappa shape index (κ1) is 20.8. The second-order valence-electron chi connectivity index (χ2n) is 7.25. The molecule has 32 heavy (non-hydrogen) atoms.